The molecule has 30 heavy (non-hydrogen) atoms. The van der Waals surface area contributed by atoms with Gasteiger partial charge in [-0.2, -0.15) is 0 Å². The molecule has 0 radical (unpaired) electrons. The van der Waals surface area contributed by atoms with Crippen molar-refractivity contribution in [2.45, 2.75) is 13.3 Å². The SMILES string of the molecule is CCOc1cc([N+](=O)[O-])c(C(=O)Nc2ncc(Cc3ccc(F)cc3)s2)cc1OC. The number of thiazole rings is 1. The lowest BCUT2D eigenvalue weighted by atomic mass is 10.1. The number of hydrogen-bond acceptors (Lipinski definition) is 7. The van der Waals surface area contributed by atoms with Crippen molar-refractivity contribution in [1.82, 2.24) is 4.98 Å². The van der Waals surface area contributed by atoms with Gasteiger partial charge in [-0.05, 0) is 24.6 Å². The highest BCUT2D eigenvalue weighted by molar-refractivity contribution is 7.15. The number of halogens is 1. The van der Waals surface area contributed by atoms with E-state index in [1.54, 1.807) is 25.3 Å². The van der Waals surface area contributed by atoms with Crippen LogP contribution in [0.1, 0.15) is 27.7 Å². The van der Waals surface area contributed by atoms with E-state index in [-0.39, 0.29) is 29.5 Å². The fourth-order valence-electron chi connectivity index (χ4n) is 2.72. The Morgan fingerprint density at radius 2 is 2.00 bits per heavy atom. The van der Waals surface area contributed by atoms with Crippen LogP contribution in [0.2, 0.25) is 0 Å². The summed E-state index contributed by atoms with van der Waals surface area (Å²) in [6.45, 7) is 2.02. The minimum Gasteiger partial charge on any atom is -0.493 e. The van der Waals surface area contributed by atoms with Crippen LogP contribution in [-0.2, 0) is 6.42 Å². The van der Waals surface area contributed by atoms with Crippen molar-refractivity contribution in [2.75, 3.05) is 19.0 Å². The molecule has 0 saturated heterocycles. The van der Waals surface area contributed by atoms with Crippen LogP contribution >= 0.6 is 11.3 Å². The van der Waals surface area contributed by atoms with Crippen LogP contribution in [0.5, 0.6) is 11.5 Å². The molecule has 3 aromatic rings. The number of nitrogens with zero attached hydrogens (tertiary/aromatic N) is 2. The van der Waals surface area contributed by atoms with E-state index in [2.05, 4.69) is 10.3 Å². The van der Waals surface area contributed by atoms with Gasteiger partial charge in [0.1, 0.15) is 11.4 Å². The predicted octanol–water partition coefficient (Wildman–Crippen LogP) is 4.44. The quantitative estimate of drug-likeness (QED) is 0.418. The highest BCUT2D eigenvalue weighted by Crippen LogP contribution is 2.35. The van der Waals surface area contributed by atoms with Crippen molar-refractivity contribution in [1.29, 1.82) is 0 Å². The number of anilines is 1. The van der Waals surface area contributed by atoms with E-state index in [0.29, 0.717) is 11.6 Å². The number of nitro groups is 1. The van der Waals surface area contributed by atoms with E-state index in [1.807, 2.05) is 0 Å². The predicted molar refractivity (Wildman–Crippen MR) is 110 cm³/mol. The first-order chi connectivity index (χ1) is 14.4. The zero-order chi connectivity index (χ0) is 21.7. The Labute approximate surface area is 175 Å². The standard InChI is InChI=1S/C20H18FN3O5S/c1-3-29-18-10-16(24(26)27)15(9-17(18)28-2)19(25)23-20-22-11-14(30-20)8-12-4-6-13(21)7-5-12/h4-7,9-11H,3,8H2,1-2H3,(H,22,23,25). The van der Waals surface area contributed by atoms with Crippen molar-refractivity contribution in [3.63, 3.8) is 0 Å². The number of ether oxygens (including phenoxy) is 2. The molecule has 0 spiro atoms. The topological polar surface area (TPSA) is 104 Å². The van der Waals surface area contributed by atoms with Gasteiger partial charge in [0.15, 0.2) is 16.6 Å². The molecule has 10 heteroatoms. The third-order valence-electron chi connectivity index (χ3n) is 4.09. The molecule has 0 atom stereocenters. The number of amides is 1. The lowest BCUT2D eigenvalue weighted by Gasteiger charge is -2.11. The van der Waals surface area contributed by atoms with Crippen LogP contribution in [0.15, 0.2) is 42.6 Å². The maximum absolute atomic E-state index is 13.0. The molecule has 0 aliphatic heterocycles. The normalized spacial score (nSPS) is 10.5. The highest BCUT2D eigenvalue weighted by Gasteiger charge is 2.25. The molecule has 0 aliphatic rings. The largest absolute Gasteiger partial charge is 0.493 e. The van der Waals surface area contributed by atoms with Gasteiger partial charge in [0.2, 0.25) is 0 Å². The van der Waals surface area contributed by atoms with E-state index < -0.39 is 16.5 Å². The molecule has 0 bridgehead atoms. The molecule has 1 aromatic heterocycles. The van der Waals surface area contributed by atoms with Crippen molar-refractivity contribution in [3.05, 3.63) is 74.5 Å². The van der Waals surface area contributed by atoms with Gasteiger partial charge < -0.3 is 9.47 Å². The molecule has 156 valence electrons. The van der Waals surface area contributed by atoms with Gasteiger partial charge in [-0.25, -0.2) is 9.37 Å². The number of methoxy groups -OCH3 is 1. The van der Waals surface area contributed by atoms with Gasteiger partial charge in [-0.15, -0.1) is 11.3 Å². The Hall–Kier alpha value is -3.53. The van der Waals surface area contributed by atoms with Gasteiger partial charge in [0, 0.05) is 23.6 Å². The molecule has 0 unspecified atom stereocenters. The van der Waals surface area contributed by atoms with E-state index in [0.717, 1.165) is 10.4 Å². The Kier molecular flexibility index (Phi) is 6.58. The molecule has 0 saturated carbocycles. The van der Waals surface area contributed by atoms with Crippen molar-refractivity contribution >= 4 is 28.1 Å². The first-order valence-electron chi connectivity index (χ1n) is 8.91. The minimum absolute atomic E-state index is 0.171. The molecule has 1 N–H and O–H groups in total. The summed E-state index contributed by atoms with van der Waals surface area (Å²) in [6, 6.07) is 8.52. The summed E-state index contributed by atoms with van der Waals surface area (Å²) >= 11 is 1.23. The third-order valence-corrected chi connectivity index (χ3v) is 5.00. The lowest BCUT2D eigenvalue weighted by molar-refractivity contribution is -0.385. The number of benzene rings is 2. The Bertz CT molecular complexity index is 1070. The fourth-order valence-corrected chi connectivity index (χ4v) is 3.57. The Balaban J connectivity index is 1.81. The van der Waals surface area contributed by atoms with Gasteiger partial charge >= 0.3 is 0 Å². The maximum atomic E-state index is 13.0. The van der Waals surface area contributed by atoms with E-state index in [9.17, 15) is 19.3 Å². The lowest BCUT2D eigenvalue weighted by Crippen LogP contribution is -2.14. The molecular formula is C20H18FN3O5S. The number of carbonyl (C=O) groups excluding carboxylic acids is 1. The van der Waals surface area contributed by atoms with Crippen LogP contribution in [0, 0.1) is 15.9 Å². The summed E-state index contributed by atoms with van der Waals surface area (Å²) in [6.07, 6.45) is 2.11. The fraction of sp³-hybridized carbons (Fsp3) is 0.200. The van der Waals surface area contributed by atoms with Gasteiger partial charge in [-0.1, -0.05) is 12.1 Å². The maximum Gasteiger partial charge on any atom is 0.286 e. The number of nitro benzene ring substituents is 1. The molecule has 2 aromatic carbocycles. The third kappa shape index (κ3) is 4.90. The molecule has 1 amide bonds. The zero-order valence-corrected chi connectivity index (χ0v) is 17.0. The number of rotatable bonds is 8. The molecule has 1 heterocycles. The summed E-state index contributed by atoms with van der Waals surface area (Å²) in [5.41, 5.74) is 0.320. The van der Waals surface area contributed by atoms with Crippen LogP contribution in [0.4, 0.5) is 15.2 Å². The van der Waals surface area contributed by atoms with Gasteiger partial charge in [0.05, 0.1) is 24.7 Å². The average Bonchev–Trinajstić information content (AvgIpc) is 3.16. The van der Waals surface area contributed by atoms with Crippen molar-refractivity contribution in [3.8, 4) is 11.5 Å². The first kappa shape index (κ1) is 21.2. The molecule has 3 rings (SSSR count). The van der Waals surface area contributed by atoms with Crippen LogP contribution in [0.3, 0.4) is 0 Å². The summed E-state index contributed by atoms with van der Waals surface area (Å²) < 4.78 is 23.6. The van der Waals surface area contributed by atoms with Crippen molar-refractivity contribution < 1.29 is 23.6 Å². The average molecular weight is 431 g/mol. The molecule has 8 nitrogen and oxygen atoms in total. The second kappa shape index (κ2) is 9.31. The van der Waals surface area contributed by atoms with Gasteiger partial charge in [-0.3, -0.25) is 20.2 Å². The monoisotopic (exact) mass is 431 g/mol. The van der Waals surface area contributed by atoms with Crippen LogP contribution in [-0.4, -0.2) is 29.5 Å². The van der Waals surface area contributed by atoms with Crippen molar-refractivity contribution in [2.24, 2.45) is 0 Å². The minimum atomic E-state index is -0.689. The smallest absolute Gasteiger partial charge is 0.286 e. The van der Waals surface area contributed by atoms with Crippen LogP contribution < -0.4 is 14.8 Å². The first-order valence-corrected chi connectivity index (χ1v) is 9.72. The summed E-state index contributed by atoms with van der Waals surface area (Å²) in [7, 11) is 1.38. The summed E-state index contributed by atoms with van der Waals surface area (Å²) in [5.74, 6) is -0.614. The summed E-state index contributed by atoms with van der Waals surface area (Å²) in [4.78, 5) is 28.5. The molecule has 0 aliphatic carbocycles. The van der Waals surface area contributed by atoms with E-state index in [1.165, 1.54) is 42.7 Å². The molecular weight excluding hydrogens is 413 g/mol. The zero-order valence-electron chi connectivity index (χ0n) is 16.2. The van der Waals surface area contributed by atoms with Crippen LogP contribution in [0.25, 0.3) is 0 Å². The second-order valence-electron chi connectivity index (χ2n) is 6.10. The second-order valence-corrected chi connectivity index (χ2v) is 7.21. The Morgan fingerprint density at radius 3 is 2.63 bits per heavy atom. The summed E-state index contributed by atoms with van der Waals surface area (Å²) in [5, 5.41) is 14.3. The highest BCUT2D eigenvalue weighted by atomic mass is 32.1. The molecule has 0 fully saturated rings. The number of aromatic nitrogens is 1. The van der Waals surface area contributed by atoms with Gasteiger partial charge in [0.25, 0.3) is 11.6 Å². The number of nitrogens with one attached hydrogen (secondary N) is 1. The van der Waals surface area contributed by atoms with E-state index in [4.69, 9.17) is 9.47 Å². The Morgan fingerprint density at radius 1 is 1.27 bits per heavy atom. The van der Waals surface area contributed by atoms with E-state index >= 15 is 0 Å². The number of carbonyl (C=O) groups is 1. The number of hydrogen-bond donors (Lipinski definition) is 1.